The molecule has 0 saturated carbocycles. The summed E-state index contributed by atoms with van der Waals surface area (Å²) in [4.78, 5) is 8.57. The summed E-state index contributed by atoms with van der Waals surface area (Å²) >= 11 is 7.05. The van der Waals surface area contributed by atoms with Crippen LogP contribution in [0.3, 0.4) is 0 Å². The molecule has 2 aromatic rings. The minimum absolute atomic E-state index is 0.101. The average Bonchev–Trinajstić information content (AvgIpc) is 2.44. The molecule has 100 valence electrons. The number of hydrogen-bond acceptors (Lipinski definition) is 4. The number of benzene rings is 1. The molecule has 1 aromatic carbocycles. The van der Waals surface area contributed by atoms with Crippen molar-refractivity contribution >= 4 is 31.9 Å². The van der Waals surface area contributed by atoms with Crippen molar-refractivity contribution in [1.29, 1.82) is 0 Å². The summed E-state index contributed by atoms with van der Waals surface area (Å²) in [6.45, 7) is 0. The molecule has 1 aromatic heterocycles. The summed E-state index contributed by atoms with van der Waals surface area (Å²) in [7, 11) is 3.47. The molecule has 0 radical (unpaired) electrons. The summed E-state index contributed by atoms with van der Waals surface area (Å²) in [5.74, 6) is 0.522. The Morgan fingerprint density at radius 2 is 1.95 bits per heavy atom. The van der Waals surface area contributed by atoms with E-state index in [4.69, 9.17) is 4.74 Å². The maximum atomic E-state index is 5.28. The van der Waals surface area contributed by atoms with Crippen LogP contribution in [0, 0.1) is 0 Å². The molecule has 19 heavy (non-hydrogen) atoms. The van der Waals surface area contributed by atoms with E-state index in [2.05, 4.69) is 47.1 Å². The lowest BCUT2D eigenvalue weighted by Gasteiger charge is -2.19. The maximum Gasteiger partial charge on any atom is 0.237 e. The van der Waals surface area contributed by atoms with Gasteiger partial charge in [-0.25, -0.2) is 4.98 Å². The van der Waals surface area contributed by atoms with Crippen LogP contribution in [0.15, 0.2) is 39.5 Å². The lowest BCUT2D eigenvalue weighted by atomic mass is 10.0. The lowest BCUT2D eigenvalue weighted by molar-refractivity contribution is 0.384. The van der Waals surface area contributed by atoms with E-state index >= 15 is 0 Å². The van der Waals surface area contributed by atoms with Gasteiger partial charge in [0.2, 0.25) is 5.88 Å². The fourth-order valence-electron chi connectivity index (χ4n) is 1.87. The van der Waals surface area contributed by atoms with E-state index in [9.17, 15) is 0 Å². The normalized spacial score (nSPS) is 12.2. The van der Waals surface area contributed by atoms with Crippen molar-refractivity contribution in [2.75, 3.05) is 14.2 Å². The maximum absolute atomic E-state index is 5.28. The summed E-state index contributed by atoms with van der Waals surface area (Å²) in [5, 5.41) is 3.24. The number of halogens is 2. The highest BCUT2D eigenvalue weighted by Gasteiger charge is 2.21. The zero-order chi connectivity index (χ0) is 13.8. The third-order valence-corrected chi connectivity index (χ3v) is 3.93. The fourth-order valence-corrected chi connectivity index (χ4v) is 2.72. The Morgan fingerprint density at radius 3 is 2.63 bits per heavy atom. The zero-order valence-corrected chi connectivity index (χ0v) is 13.7. The second kappa shape index (κ2) is 6.45. The third-order valence-electron chi connectivity index (χ3n) is 2.72. The van der Waals surface area contributed by atoms with E-state index in [0.29, 0.717) is 5.88 Å². The number of methoxy groups -OCH3 is 1. The van der Waals surface area contributed by atoms with E-state index in [0.717, 1.165) is 20.2 Å². The van der Waals surface area contributed by atoms with Crippen LogP contribution in [0.1, 0.15) is 17.3 Å². The molecule has 1 unspecified atom stereocenters. The van der Waals surface area contributed by atoms with Crippen molar-refractivity contribution in [3.63, 3.8) is 0 Å². The van der Waals surface area contributed by atoms with Gasteiger partial charge in [-0.2, -0.15) is 0 Å². The van der Waals surface area contributed by atoms with Crippen molar-refractivity contribution in [3.8, 4) is 5.88 Å². The molecule has 1 N–H and O–H groups in total. The van der Waals surface area contributed by atoms with Crippen LogP contribution >= 0.6 is 31.9 Å². The molecule has 0 aliphatic rings. The predicted molar refractivity (Wildman–Crippen MR) is 81.3 cm³/mol. The van der Waals surface area contributed by atoms with Crippen LogP contribution in [0.25, 0.3) is 0 Å². The van der Waals surface area contributed by atoms with Gasteiger partial charge in [0, 0.05) is 21.3 Å². The Balaban J connectivity index is 2.53. The van der Waals surface area contributed by atoms with Gasteiger partial charge in [0.05, 0.1) is 13.2 Å². The number of hydrogen-bond donors (Lipinski definition) is 1. The standard InChI is InChI=1S/C13H13Br2N3O/c1-16-11(9-7-8(14)3-4-10(9)15)12-13(19-2)18-6-5-17-12/h3-7,11,16H,1-2H3. The molecule has 0 fully saturated rings. The van der Waals surface area contributed by atoms with E-state index in [1.165, 1.54) is 0 Å². The Labute approximate surface area is 128 Å². The third kappa shape index (κ3) is 3.13. The molecule has 0 aliphatic heterocycles. The largest absolute Gasteiger partial charge is 0.480 e. The van der Waals surface area contributed by atoms with Gasteiger partial charge in [-0.15, -0.1) is 0 Å². The van der Waals surface area contributed by atoms with E-state index in [1.54, 1.807) is 19.5 Å². The minimum Gasteiger partial charge on any atom is -0.480 e. The Morgan fingerprint density at radius 1 is 1.21 bits per heavy atom. The second-order valence-electron chi connectivity index (χ2n) is 3.84. The van der Waals surface area contributed by atoms with Crippen molar-refractivity contribution in [2.24, 2.45) is 0 Å². The molecule has 0 bridgehead atoms. The van der Waals surface area contributed by atoms with Gasteiger partial charge >= 0.3 is 0 Å². The smallest absolute Gasteiger partial charge is 0.237 e. The molecule has 4 nitrogen and oxygen atoms in total. The molecule has 0 aliphatic carbocycles. The van der Waals surface area contributed by atoms with Crippen LogP contribution in [-0.2, 0) is 0 Å². The van der Waals surface area contributed by atoms with Crippen LogP contribution in [0.5, 0.6) is 5.88 Å². The second-order valence-corrected chi connectivity index (χ2v) is 5.61. The molecular weight excluding hydrogens is 374 g/mol. The van der Waals surface area contributed by atoms with Gasteiger partial charge < -0.3 is 10.1 Å². The summed E-state index contributed by atoms with van der Waals surface area (Å²) < 4.78 is 7.29. The highest BCUT2D eigenvalue weighted by Crippen LogP contribution is 2.32. The number of ether oxygens (including phenoxy) is 1. The molecule has 0 saturated heterocycles. The fraction of sp³-hybridized carbons (Fsp3) is 0.231. The monoisotopic (exact) mass is 385 g/mol. The van der Waals surface area contributed by atoms with Crippen molar-refractivity contribution in [1.82, 2.24) is 15.3 Å². The highest BCUT2D eigenvalue weighted by molar-refractivity contribution is 9.11. The van der Waals surface area contributed by atoms with Crippen LogP contribution < -0.4 is 10.1 Å². The molecule has 0 spiro atoms. The van der Waals surface area contributed by atoms with Crippen LogP contribution in [-0.4, -0.2) is 24.1 Å². The van der Waals surface area contributed by atoms with E-state index in [-0.39, 0.29) is 6.04 Å². The molecule has 2 rings (SSSR count). The van der Waals surface area contributed by atoms with Gasteiger partial charge in [0.25, 0.3) is 0 Å². The van der Waals surface area contributed by atoms with Gasteiger partial charge in [-0.3, -0.25) is 4.98 Å². The predicted octanol–water partition coefficient (Wildman–Crippen LogP) is 3.32. The molecule has 1 atom stereocenters. The molecule has 1 heterocycles. The first-order valence-electron chi connectivity index (χ1n) is 5.64. The average molecular weight is 387 g/mol. The van der Waals surface area contributed by atoms with E-state index < -0.39 is 0 Å². The van der Waals surface area contributed by atoms with E-state index in [1.807, 2.05) is 25.2 Å². The van der Waals surface area contributed by atoms with Crippen molar-refractivity contribution in [2.45, 2.75) is 6.04 Å². The van der Waals surface area contributed by atoms with Crippen LogP contribution in [0.2, 0.25) is 0 Å². The SMILES string of the molecule is CNC(c1cc(Br)ccc1Br)c1nccnc1OC. The summed E-state index contributed by atoms with van der Waals surface area (Å²) in [5.41, 5.74) is 1.82. The number of nitrogens with one attached hydrogen (secondary N) is 1. The first-order valence-corrected chi connectivity index (χ1v) is 7.23. The Bertz CT molecular complexity index is 578. The van der Waals surface area contributed by atoms with Crippen molar-refractivity contribution < 1.29 is 4.74 Å². The van der Waals surface area contributed by atoms with Crippen LogP contribution in [0.4, 0.5) is 0 Å². The van der Waals surface area contributed by atoms with Gasteiger partial charge in [-0.05, 0) is 30.8 Å². The van der Waals surface area contributed by atoms with Crippen molar-refractivity contribution in [3.05, 3.63) is 50.8 Å². The highest BCUT2D eigenvalue weighted by atomic mass is 79.9. The number of nitrogens with zero attached hydrogens (tertiary/aromatic N) is 2. The quantitative estimate of drug-likeness (QED) is 0.875. The number of rotatable bonds is 4. The van der Waals surface area contributed by atoms with Gasteiger partial charge in [-0.1, -0.05) is 31.9 Å². The Hall–Kier alpha value is -0.980. The summed E-state index contributed by atoms with van der Waals surface area (Å²) in [6.07, 6.45) is 3.28. The first-order chi connectivity index (χ1) is 9.17. The Kier molecular flexibility index (Phi) is 4.90. The molecule has 0 amide bonds. The summed E-state index contributed by atoms with van der Waals surface area (Å²) in [6, 6.07) is 5.91. The van der Waals surface area contributed by atoms with Gasteiger partial charge in [0.1, 0.15) is 5.69 Å². The topological polar surface area (TPSA) is 47.0 Å². The first kappa shape index (κ1) is 14.4. The zero-order valence-electron chi connectivity index (χ0n) is 10.5. The molecular formula is C13H13Br2N3O. The molecule has 6 heteroatoms. The minimum atomic E-state index is -0.101. The lowest BCUT2D eigenvalue weighted by Crippen LogP contribution is -2.20. The van der Waals surface area contributed by atoms with Gasteiger partial charge in [0.15, 0.2) is 0 Å². The number of aromatic nitrogens is 2.